The average Bonchev–Trinajstić information content (AvgIpc) is 2.25. The highest BCUT2D eigenvalue weighted by Gasteiger charge is 2.56. The first-order valence-corrected chi connectivity index (χ1v) is 6.91. The van der Waals surface area contributed by atoms with Crippen LogP contribution in [0, 0.1) is 22.7 Å². The van der Waals surface area contributed by atoms with Crippen LogP contribution in [0.2, 0.25) is 0 Å². The van der Waals surface area contributed by atoms with Gasteiger partial charge in [0.2, 0.25) is 0 Å². The number of methoxy groups -OCH3 is 1. The molecule has 17 heavy (non-hydrogen) atoms. The highest BCUT2D eigenvalue weighted by Crippen LogP contribution is 2.57. The van der Waals surface area contributed by atoms with Gasteiger partial charge in [0.25, 0.3) is 0 Å². The second kappa shape index (κ2) is 4.08. The quantitative estimate of drug-likeness (QED) is 0.699. The summed E-state index contributed by atoms with van der Waals surface area (Å²) < 4.78 is 5.65. The van der Waals surface area contributed by atoms with Gasteiger partial charge in [0.15, 0.2) is 0 Å². The Labute approximate surface area is 105 Å². The third kappa shape index (κ3) is 1.76. The van der Waals surface area contributed by atoms with Gasteiger partial charge in [0, 0.05) is 18.4 Å². The topological polar surface area (TPSA) is 26.3 Å². The molecule has 2 nitrogen and oxygen atoms in total. The molecule has 0 unspecified atom stereocenters. The Hall–Kier alpha value is -0.370. The molecule has 2 heteroatoms. The molecular formula is C15H26O2. The molecule has 0 aromatic carbocycles. The summed E-state index contributed by atoms with van der Waals surface area (Å²) in [5.74, 6) is 1.24. The standard InChI is InChI=1S/C15H26O2/c1-10-6-7-11-14(2,3)12(17-5)8-9-15(11,4)13(10)16/h10-12H,6-9H2,1-5H3/t10-,11+,12+,15+/m1/s1. The van der Waals surface area contributed by atoms with Gasteiger partial charge in [-0.1, -0.05) is 27.7 Å². The highest BCUT2D eigenvalue weighted by molar-refractivity contribution is 5.87. The molecule has 0 aromatic heterocycles. The van der Waals surface area contributed by atoms with Crippen molar-refractivity contribution in [3.8, 4) is 0 Å². The van der Waals surface area contributed by atoms with E-state index in [-0.39, 0.29) is 16.7 Å². The minimum absolute atomic E-state index is 0.101. The molecule has 0 radical (unpaired) electrons. The molecular weight excluding hydrogens is 212 g/mol. The summed E-state index contributed by atoms with van der Waals surface area (Å²) in [5, 5.41) is 0. The van der Waals surface area contributed by atoms with E-state index in [9.17, 15) is 4.79 Å². The Morgan fingerprint density at radius 2 is 1.82 bits per heavy atom. The van der Waals surface area contributed by atoms with E-state index >= 15 is 0 Å². The van der Waals surface area contributed by atoms with Gasteiger partial charge in [-0.05, 0) is 37.0 Å². The highest BCUT2D eigenvalue weighted by atomic mass is 16.5. The van der Waals surface area contributed by atoms with Crippen molar-refractivity contribution in [1.82, 2.24) is 0 Å². The summed E-state index contributed by atoms with van der Waals surface area (Å²) in [7, 11) is 1.81. The normalized spacial score (nSPS) is 45.5. The Bertz CT molecular complexity index is 321. The molecule has 98 valence electrons. The van der Waals surface area contributed by atoms with Crippen molar-refractivity contribution in [1.29, 1.82) is 0 Å². The average molecular weight is 238 g/mol. The van der Waals surface area contributed by atoms with Gasteiger partial charge in [0.1, 0.15) is 5.78 Å². The summed E-state index contributed by atoms with van der Waals surface area (Å²) in [4.78, 5) is 12.5. The molecule has 0 aromatic rings. The molecule has 2 saturated carbocycles. The first-order valence-electron chi connectivity index (χ1n) is 6.91. The third-order valence-electron chi connectivity index (χ3n) is 5.61. The van der Waals surface area contributed by atoms with Crippen molar-refractivity contribution >= 4 is 5.78 Å². The van der Waals surface area contributed by atoms with E-state index in [1.165, 1.54) is 6.42 Å². The minimum Gasteiger partial charge on any atom is -0.381 e. The second-order valence-electron chi connectivity index (χ2n) is 6.90. The van der Waals surface area contributed by atoms with Gasteiger partial charge >= 0.3 is 0 Å². The van der Waals surface area contributed by atoms with E-state index in [4.69, 9.17) is 4.74 Å². The van der Waals surface area contributed by atoms with Crippen molar-refractivity contribution < 1.29 is 9.53 Å². The van der Waals surface area contributed by atoms with E-state index in [1.54, 1.807) is 0 Å². The smallest absolute Gasteiger partial charge is 0.141 e. The van der Waals surface area contributed by atoms with Gasteiger partial charge in [-0.3, -0.25) is 4.79 Å². The van der Waals surface area contributed by atoms with E-state index in [1.807, 2.05) is 7.11 Å². The zero-order chi connectivity index (χ0) is 12.8. The zero-order valence-corrected chi connectivity index (χ0v) is 11.9. The van der Waals surface area contributed by atoms with Crippen molar-refractivity contribution in [2.24, 2.45) is 22.7 Å². The summed E-state index contributed by atoms with van der Waals surface area (Å²) in [5.41, 5.74) is 0.0216. The van der Waals surface area contributed by atoms with Crippen LogP contribution in [0.25, 0.3) is 0 Å². The Morgan fingerprint density at radius 3 is 2.41 bits per heavy atom. The van der Waals surface area contributed by atoms with Gasteiger partial charge in [-0.2, -0.15) is 0 Å². The van der Waals surface area contributed by atoms with Crippen molar-refractivity contribution in [3.05, 3.63) is 0 Å². The molecule has 2 fully saturated rings. The lowest BCUT2D eigenvalue weighted by Crippen LogP contribution is -2.56. The number of hydrogen-bond donors (Lipinski definition) is 0. The van der Waals surface area contributed by atoms with Gasteiger partial charge in [-0.15, -0.1) is 0 Å². The van der Waals surface area contributed by atoms with Crippen molar-refractivity contribution in [2.75, 3.05) is 7.11 Å². The van der Waals surface area contributed by atoms with Crippen LogP contribution in [0.1, 0.15) is 53.4 Å². The summed E-state index contributed by atoms with van der Waals surface area (Å²) >= 11 is 0. The third-order valence-corrected chi connectivity index (χ3v) is 5.61. The fourth-order valence-electron chi connectivity index (χ4n) is 4.54. The predicted molar refractivity (Wildman–Crippen MR) is 68.8 cm³/mol. The Balaban J connectivity index is 2.34. The number of hydrogen-bond acceptors (Lipinski definition) is 2. The van der Waals surface area contributed by atoms with Crippen LogP contribution in [0.5, 0.6) is 0 Å². The fraction of sp³-hybridized carbons (Fsp3) is 0.933. The number of rotatable bonds is 1. The van der Waals surface area contributed by atoms with Gasteiger partial charge < -0.3 is 4.74 Å². The molecule has 2 aliphatic rings. The molecule has 0 bridgehead atoms. The lowest BCUT2D eigenvalue weighted by molar-refractivity contribution is -0.163. The first kappa shape index (κ1) is 13.1. The summed E-state index contributed by atoms with van der Waals surface area (Å²) in [6.07, 6.45) is 4.56. The van der Waals surface area contributed by atoms with Gasteiger partial charge in [0.05, 0.1) is 6.10 Å². The number of ketones is 1. The summed E-state index contributed by atoms with van der Waals surface area (Å²) in [6.45, 7) is 8.86. The molecule has 2 aliphatic carbocycles. The first-order chi connectivity index (χ1) is 7.84. The lowest BCUT2D eigenvalue weighted by atomic mass is 9.49. The molecule has 0 aliphatic heterocycles. The van der Waals surface area contributed by atoms with Crippen LogP contribution in [0.4, 0.5) is 0 Å². The molecule has 0 N–H and O–H groups in total. The monoisotopic (exact) mass is 238 g/mol. The largest absolute Gasteiger partial charge is 0.381 e. The molecule has 0 amide bonds. The number of Topliss-reactive ketones (excluding diaryl/α,β-unsaturated/α-hetero) is 1. The van der Waals surface area contributed by atoms with E-state index in [0.717, 1.165) is 19.3 Å². The fourth-order valence-corrected chi connectivity index (χ4v) is 4.54. The van der Waals surface area contributed by atoms with Crippen LogP contribution < -0.4 is 0 Å². The summed E-state index contributed by atoms with van der Waals surface area (Å²) in [6, 6.07) is 0. The van der Waals surface area contributed by atoms with Crippen LogP contribution in [0.15, 0.2) is 0 Å². The lowest BCUT2D eigenvalue weighted by Gasteiger charge is -2.56. The molecule has 4 atom stereocenters. The molecule has 0 spiro atoms. The van der Waals surface area contributed by atoms with Crippen molar-refractivity contribution in [2.45, 2.75) is 59.5 Å². The number of carbonyl (C=O) groups excluding carboxylic acids is 1. The van der Waals surface area contributed by atoms with Crippen LogP contribution in [0.3, 0.4) is 0 Å². The maximum absolute atomic E-state index is 12.5. The molecule has 2 rings (SSSR count). The van der Waals surface area contributed by atoms with Crippen LogP contribution in [-0.2, 0) is 9.53 Å². The van der Waals surface area contributed by atoms with E-state index in [0.29, 0.717) is 17.8 Å². The number of ether oxygens (including phenoxy) is 1. The molecule has 0 saturated heterocycles. The van der Waals surface area contributed by atoms with E-state index in [2.05, 4.69) is 27.7 Å². The van der Waals surface area contributed by atoms with Crippen molar-refractivity contribution in [3.63, 3.8) is 0 Å². The zero-order valence-electron chi connectivity index (χ0n) is 11.9. The van der Waals surface area contributed by atoms with Crippen LogP contribution >= 0.6 is 0 Å². The Morgan fingerprint density at radius 1 is 1.18 bits per heavy atom. The van der Waals surface area contributed by atoms with Gasteiger partial charge in [-0.25, -0.2) is 0 Å². The van der Waals surface area contributed by atoms with Crippen LogP contribution in [-0.4, -0.2) is 19.0 Å². The maximum Gasteiger partial charge on any atom is 0.141 e. The Kier molecular flexibility index (Phi) is 3.14. The maximum atomic E-state index is 12.5. The number of fused-ring (bicyclic) bond motifs is 1. The molecule has 0 heterocycles. The predicted octanol–water partition coefficient (Wildman–Crippen LogP) is 3.44. The minimum atomic E-state index is -0.101. The van der Waals surface area contributed by atoms with E-state index < -0.39 is 0 Å². The second-order valence-corrected chi connectivity index (χ2v) is 6.90. The SMILES string of the molecule is CO[C@H]1CC[C@]2(C)C(=O)[C@H](C)CC[C@H]2C1(C)C. The number of carbonyl (C=O) groups is 1.